The van der Waals surface area contributed by atoms with E-state index in [4.69, 9.17) is 5.26 Å². The summed E-state index contributed by atoms with van der Waals surface area (Å²) in [7, 11) is 0. The first-order valence-electron chi connectivity index (χ1n) is 7.25. The number of hydrogen-bond acceptors (Lipinski definition) is 2. The van der Waals surface area contributed by atoms with Crippen LogP contribution in [0.4, 0.5) is 4.39 Å². The number of hydrogen-bond donors (Lipinski definition) is 1. The first-order valence-corrected chi connectivity index (χ1v) is 7.25. The van der Waals surface area contributed by atoms with Crippen LogP contribution >= 0.6 is 0 Å². The van der Waals surface area contributed by atoms with Crippen LogP contribution in [-0.4, -0.2) is 6.04 Å². The number of rotatable bonds is 3. The van der Waals surface area contributed by atoms with E-state index in [1.54, 1.807) is 12.1 Å². The largest absolute Gasteiger partial charge is 0.309 e. The van der Waals surface area contributed by atoms with Crippen molar-refractivity contribution >= 4 is 0 Å². The van der Waals surface area contributed by atoms with Gasteiger partial charge in [0.1, 0.15) is 11.9 Å². The Morgan fingerprint density at radius 2 is 1.95 bits per heavy atom. The van der Waals surface area contributed by atoms with Crippen molar-refractivity contribution in [1.29, 1.82) is 5.26 Å². The molecule has 0 bridgehead atoms. The van der Waals surface area contributed by atoms with Crippen LogP contribution in [0.2, 0.25) is 0 Å². The van der Waals surface area contributed by atoms with E-state index in [2.05, 4.69) is 29.6 Å². The Morgan fingerprint density at radius 1 is 1.14 bits per heavy atom. The normalized spacial score (nSPS) is 17.0. The second kappa shape index (κ2) is 6.07. The van der Waals surface area contributed by atoms with Gasteiger partial charge < -0.3 is 5.32 Å². The zero-order valence-electron chi connectivity index (χ0n) is 11.8. The van der Waals surface area contributed by atoms with Gasteiger partial charge in [-0.05, 0) is 36.5 Å². The van der Waals surface area contributed by atoms with Crippen LogP contribution in [0.25, 0.3) is 0 Å². The molecule has 3 heteroatoms. The van der Waals surface area contributed by atoms with Gasteiger partial charge in [-0.1, -0.05) is 36.4 Å². The van der Waals surface area contributed by atoms with Crippen molar-refractivity contribution in [3.63, 3.8) is 0 Å². The number of aryl methyl sites for hydroxylation is 1. The fraction of sp³-hybridized carbons (Fsp3) is 0.278. The Kier molecular flexibility index (Phi) is 3.98. The summed E-state index contributed by atoms with van der Waals surface area (Å²) in [6.07, 6.45) is 3.11. The molecule has 1 atom stereocenters. The van der Waals surface area contributed by atoms with E-state index < -0.39 is 5.82 Å². The molecular weight excluding hydrogens is 263 g/mol. The van der Waals surface area contributed by atoms with Crippen LogP contribution in [0.15, 0.2) is 42.5 Å². The topological polar surface area (TPSA) is 35.8 Å². The van der Waals surface area contributed by atoms with E-state index in [0.717, 1.165) is 19.3 Å². The average molecular weight is 280 g/mol. The molecule has 1 unspecified atom stereocenters. The second-order valence-electron chi connectivity index (χ2n) is 5.48. The molecule has 3 rings (SSSR count). The third kappa shape index (κ3) is 2.96. The SMILES string of the molecule is N#Cc1cccc(CNC2CCc3ccccc3C2)c1F. The van der Waals surface area contributed by atoms with Gasteiger partial charge in [0.05, 0.1) is 5.56 Å². The molecule has 1 N–H and O–H groups in total. The lowest BCUT2D eigenvalue weighted by atomic mass is 9.88. The minimum atomic E-state index is -0.399. The van der Waals surface area contributed by atoms with Gasteiger partial charge >= 0.3 is 0 Å². The summed E-state index contributed by atoms with van der Waals surface area (Å²) < 4.78 is 14.0. The van der Waals surface area contributed by atoms with Crippen molar-refractivity contribution in [2.75, 3.05) is 0 Å². The highest BCUT2D eigenvalue weighted by molar-refractivity contribution is 5.35. The van der Waals surface area contributed by atoms with Gasteiger partial charge in [0.25, 0.3) is 0 Å². The summed E-state index contributed by atoms with van der Waals surface area (Å²) in [4.78, 5) is 0. The van der Waals surface area contributed by atoms with Gasteiger partial charge in [-0.15, -0.1) is 0 Å². The molecule has 0 saturated heterocycles. The van der Waals surface area contributed by atoms with Crippen LogP contribution in [-0.2, 0) is 19.4 Å². The lowest BCUT2D eigenvalue weighted by Crippen LogP contribution is -2.34. The smallest absolute Gasteiger partial charge is 0.145 e. The van der Waals surface area contributed by atoms with E-state index in [-0.39, 0.29) is 5.56 Å². The van der Waals surface area contributed by atoms with Crippen molar-refractivity contribution in [2.45, 2.75) is 31.8 Å². The molecule has 0 spiro atoms. The fourth-order valence-electron chi connectivity index (χ4n) is 2.93. The van der Waals surface area contributed by atoms with Gasteiger partial charge in [0.15, 0.2) is 0 Å². The predicted molar refractivity (Wildman–Crippen MR) is 80.2 cm³/mol. The summed E-state index contributed by atoms with van der Waals surface area (Å²) in [5.41, 5.74) is 3.48. The van der Waals surface area contributed by atoms with Crippen LogP contribution in [0, 0.1) is 17.1 Å². The molecule has 2 aromatic rings. The first-order chi connectivity index (χ1) is 10.3. The molecule has 106 valence electrons. The van der Waals surface area contributed by atoms with Crippen molar-refractivity contribution in [3.8, 4) is 6.07 Å². The third-order valence-corrected chi connectivity index (χ3v) is 4.13. The molecule has 0 amide bonds. The Hall–Kier alpha value is -2.18. The number of nitriles is 1. The quantitative estimate of drug-likeness (QED) is 0.936. The lowest BCUT2D eigenvalue weighted by Gasteiger charge is -2.25. The standard InChI is InChI=1S/C18H17FN2/c19-18-15(11-20)6-3-7-16(18)12-21-17-9-8-13-4-1-2-5-14(13)10-17/h1-7,17,21H,8-10,12H2. The molecule has 0 saturated carbocycles. The van der Waals surface area contributed by atoms with E-state index in [9.17, 15) is 4.39 Å². The zero-order chi connectivity index (χ0) is 14.7. The monoisotopic (exact) mass is 280 g/mol. The van der Waals surface area contributed by atoms with Crippen LogP contribution in [0.3, 0.4) is 0 Å². The zero-order valence-corrected chi connectivity index (χ0v) is 11.8. The molecule has 2 aromatic carbocycles. The molecule has 2 nitrogen and oxygen atoms in total. The van der Waals surface area contributed by atoms with Crippen molar-refractivity contribution in [1.82, 2.24) is 5.32 Å². The minimum Gasteiger partial charge on any atom is -0.309 e. The highest BCUT2D eigenvalue weighted by Crippen LogP contribution is 2.21. The Balaban J connectivity index is 1.66. The summed E-state index contributed by atoms with van der Waals surface area (Å²) in [5.74, 6) is -0.399. The van der Waals surface area contributed by atoms with Gasteiger partial charge in [-0.2, -0.15) is 5.26 Å². The number of benzene rings is 2. The summed E-state index contributed by atoms with van der Waals surface area (Å²) in [6.45, 7) is 0.466. The van der Waals surface area contributed by atoms with Crippen molar-refractivity contribution in [3.05, 3.63) is 70.5 Å². The second-order valence-corrected chi connectivity index (χ2v) is 5.48. The Bertz CT molecular complexity index is 688. The molecule has 0 radical (unpaired) electrons. The maximum atomic E-state index is 14.0. The van der Waals surface area contributed by atoms with Gasteiger partial charge in [0.2, 0.25) is 0 Å². The van der Waals surface area contributed by atoms with E-state index in [1.807, 2.05) is 6.07 Å². The number of fused-ring (bicyclic) bond motifs is 1. The summed E-state index contributed by atoms with van der Waals surface area (Å²) in [6, 6.07) is 15.7. The number of halogens is 1. The molecule has 21 heavy (non-hydrogen) atoms. The van der Waals surface area contributed by atoms with Crippen LogP contribution < -0.4 is 5.32 Å². The highest BCUT2D eigenvalue weighted by atomic mass is 19.1. The van der Waals surface area contributed by atoms with Crippen LogP contribution in [0.5, 0.6) is 0 Å². The Labute approximate surface area is 124 Å². The first kappa shape index (κ1) is 13.8. The molecule has 0 fully saturated rings. The lowest BCUT2D eigenvalue weighted by molar-refractivity contribution is 0.451. The molecule has 0 aliphatic heterocycles. The summed E-state index contributed by atoms with van der Waals surface area (Å²) in [5, 5.41) is 12.3. The molecular formula is C18H17FN2. The van der Waals surface area contributed by atoms with Gasteiger partial charge in [-0.25, -0.2) is 4.39 Å². The van der Waals surface area contributed by atoms with E-state index >= 15 is 0 Å². The van der Waals surface area contributed by atoms with Crippen LogP contribution in [0.1, 0.15) is 28.7 Å². The third-order valence-electron chi connectivity index (χ3n) is 4.13. The molecule has 0 heterocycles. The predicted octanol–water partition coefficient (Wildman–Crippen LogP) is 3.34. The van der Waals surface area contributed by atoms with Gasteiger partial charge in [0, 0.05) is 18.2 Å². The molecule has 0 aromatic heterocycles. The van der Waals surface area contributed by atoms with Crippen molar-refractivity contribution in [2.24, 2.45) is 0 Å². The minimum absolute atomic E-state index is 0.114. The van der Waals surface area contributed by atoms with E-state index in [0.29, 0.717) is 18.2 Å². The maximum absolute atomic E-state index is 14.0. The number of nitrogens with zero attached hydrogens (tertiary/aromatic N) is 1. The highest BCUT2D eigenvalue weighted by Gasteiger charge is 2.18. The number of nitrogens with one attached hydrogen (secondary N) is 1. The van der Waals surface area contributed by atoms with Gasteiger partial charge in [-0.3, -0.25) is 0 Å². The van der Waals surface area contributed by atoms with E-state index in [1.165, 1.54) is 17.2 Å². The molecule has 1 aliphatic carbocycles. The fourth-order valence-corrected chi connectivity index (χ4v) is 2.93. The maximum Gasteiger partial charge on any atom is 0.145 e. The Morgan fingerprint density at radius 3 is 2.76 bits per heavy atom. The van der Waals surface area contributed by atoms with Crippen molar-refractivity contribution < 1.29 is 4.39 Å². The average Bonchev–Trinajstić information content (AvgIpc) is 2.54. The molecule has 1 aliphatic rings. The summed E-state index contributed by atoms with van der Waals surface area (Å²) >= 11 is 0.